The van der Waals surface area contributed by atoms with E-state index in [1.54, 1.807) is 23.8 Å². The Bertz CT molecular complexity index is 757. The molecule has 8 heteroatoms. The van der Waals surface area contributed by atoms with Gasteiger partial charge in [-0.2, -0.15) is 0 Å². The summed E-state index contributed by atoms with van der Waals surface area (Å²) in [6.45, 7) is 4.08. The number of thiazole rings is 1. The summed E-state index contributed by atoms with van der Waals surface area (Å²) in [7, 11) is -3.27. The summed E-state index contributed by atoms with van der Waals surface area (Å²) < 4.78 is 30.5. The lowest BCUT2D eigenvalue weighted by atomic mass is 10.1. The first-order valence-corrected chi connectivity index (χ1v) is 9.53. The van der Waals surface area contributed by atoms with Gasteiger partial charge in [0, 0.05) is 17.8 Å². The number of ether oxygens (including phenoxy) is 1. The van der Waals surface area contributed by atoms with E-state index in [0.29, 0.717) is 22.9 Å². The summed E-state index contributed by atoms with van der Waals surface area (Å²) >= 11 is 1.35. The molecule has 1 unspecified atom stereocenters. The standard InChI is InChI=1S/C14H17N3O3S2/c1-14(2)6-11(7-20-14)22(18,19)9-10-8-21-13(17-10)12-15-4-3-5-16-12/h3-5,8,11H,6-7,9H2,1-2H3. The Balaban J connectivity index is 1.75. The molecule has 0 spiro atoms. The zero-order chi connectivity index (χ0) is 15.8. The normalized spacial score (nSPS) is 21.1. The van der Waals surface area contributed by atoms with Gasteiger partial charge in [-0.15, -0.1) is 11.3 Å². The fourth-order valence-corrected chi connectivity index (χ4v) is 5.02. The number of sulfone groups is 1. The van der Waals surface area contributed by atoms with Gasteiger partial charge in [0.15, 0.2) is 20.7 Å². The molecule has 1 atom stereocenters. The molecule has 3 heterocycles. The number of nitrogens with zero attached hydrogens (tertiary/aromatic N) is 3. The highest BCUT2D eigenvalue weighted by molar-refractivity contribution is 7.91. The molecule has 1 aliphatic heterocycles. The number of aromatic nitrogens is 3. The largest absolute Gasteiger partial charge is 0.374 e. The van der Waals surface area contributed by atoms with Gasteiger partial charge < -0.3 is 4.74 Å². The highest BCUT2D eigenvalue weighted by Crippen LogP contribution is 2.31. The Morgan fingerprint density at radius 1 is 1.36 bits per heavy atom. The van der Waals surface area contributed by atoms with Gasteiger partial charge in [-0.25, -0.2) is 23.4 Å². The van der Waals surface area contributed by atoms with Gasteiger partial charge in [-0.3, -0.25) is 0 Å². The first-order chi connectivity index (χ1) is 10.4. The van der Waals surface area contributed by atoms with Crippen molar-refractivity contribution in [1.29, 1.82) is 0 Å². The quantitative estimate of drug-likeness (QED) is 0.848. The topological polar surface area (TPSA) is 82.0 Å². The van der Waals surface area contributed by atoms with Gasteiger partial charge in [0.05, 0.1) is 28.9 Å². The molecule has 0 amide bonds. The SMILES string of the molecule is CC1(C)CC(S(=O)(=O)Cc2csc(-c3ncccn3)n2)CO1. The van der Waals surface area contributed by atoms with Crippen LogP contribution < -0.4 is 0 Å². The smallest absolute Gasteiger partial charge is 0.188 e. The Kier molecular flexibility index (Phi) is 4.00. The predicted octanol–water partition coefficient (Wildman–Crippen LogP) is 2.08. The third-order valence-corrected chi connectivity index (χ3v) is 6.45. The average Bonchev–Trinajstić information content (AvgIpc) is 3.06. The highest BCUT2D eigenvalue weighted by atomic mass is 32.2. The van der Waals surface area contributed by atoms with Crippen molar-refractivity contribution >= 4 is 21.2 Å². The minimum atomic E-state index is -3.27. The monoisotopic (exact) mass is 339 g/mol. The Hall–Kier alpha value is -1.38. The summed E-state index contributed by atoms with van der Waals surface area (Å²) in [4.78, 5) is 12.6. The molecule has 22 heavy (non-hydrogen) atoms. The minimum Gasteiger partial charge on any atom is -0.374 e. The van der Waals surface area contributed by atoms with Crippen LogP contribution in [0.15, 0.2) is 23.8 Å². The summed E-state index contributed by atoms with van der Waals surface area (Å²) in [6.07, 6.45) is 3.80. The van der Waals surface area contributed by atoms with Crippen molar-refractivity contribution in [2.45, 2.75) is 36.9 Å². The molecule has 0 aliphatic carbocycles. The van der Waals surface area contributed by atoms with E-state index in [9.17, 15) is 8.42 Å². The Morgan fingerprint density at radius 3 is 2.73 bits per heavy atom. The molecule has 3 rings (SSSR count). The van der Waals surface area contributed by atoms with Gasteiger partial charge in [0.2, 0.25) is 0 Å². The van der Waals surface area contributed by atoms with Gasteiger partial charge >= 0.3 is 0 Å². The van der Waals surface area contributed by atoms with Crippen LogP contribution in [0.5, 0.6) is 0 Å². The number of hydrogen-bond acceptors (Lipinski definition) is 7. The van der Waals surface area contributed by atoms with E-state index in [0.717, 1.165) is 0 Å². The second-order valence-corrected chi connectivity index (χ2v) is 9.06. The second-order valence-electron chi connectivity index (χ2n) is 5.92. The molecule has 0 aromatic carbocycles. The van der Waals surface area contributed by atoms with Crippen molar-refractivity contribution in [3.63, 3.8) is 0 Å². The van der Waals surface area contributed by atoms with Crippen molar-refractivity contribution < 1.29 is 13.2 Å². The van der Waals surface area contributed by atoms with Crippen LogP contribution in [0.1, 0.15) is 26.0 Å². The second kappa shape index (κ2) is 5.68. The summed E-state index contributed by atoms with van der Waals surface area (Å²) in [5.41, 5.74) is 0.167. The molecular weight excluding hydrogens is 322 g/mol. The van der Waals surface area contributed by atoms with Gasteiger partial charge in [0.1, 0.15) is 0 Å². The molecular formula is C14H17N3O3S2. The molecule has 1 fully saturated rings. The molecule has 2 aromatic rings. The van der Waals surface area contributed by atoms with E-state index < -0.39 is 15.1 Å². The van der Waals surface area contributed by atoms with Crippen LogP contribution in [-0.4, -0.2) is 40.8 Å². The van der Waals surface area contributed by atoms with Crippen LogP contribution >= 0.6 is 11.3 Å². The van der Waals surface area contributed by atoms with Gasteiger partial charge in [-0.05, 0) is 26.3 Å². The maximum atomic E-state index is 12.5. The van der Waals surface area contributed by atoms with E-state index in [-0.39, 0.29) is 18.0 Å². The molecule has 0 bridgehead atoms. The Morgan fingerprint density at radius 2 is 2.09 bits per heavy atom. The van der Waals surface area contributed by atoms with E-state index in [2.05, 4.69) is 15.0 Å². The molecule has 0 radical (unpaired) electrons. The van der Waals surface area contributed by atoms with Crippen LogP contribution in [0.3, 0.4) is 0 Å². The van der Waals surface area contributed by atoms with Crippen molar-refractivity contribution in [2.24, 2.45) is 0 Å². The van der Waals surface area contributed by atoms with Crippen molar-refractivity contribution in [3.05, 3.63) is 29.5 Å². The fourth-order valence-electron chi connectivity index (χ4n) is 2.42. The lowest BCUT2D eigenvalue weighted by molar-refractivity contribution is 0.0368. The summed E-state index contributed by atoms with van der Waals surface area (Å²) in [6, 6.07) is 1.73. The highest BCUT2D eigenvalue weighted by Gasteiger charge is 2.39. The number of rotatable bonds is 4. The van der Waals surface area contributed by atoms with Gasteiger partial charge in [0.25, 0.3) is 0 Å². The van der Waals surface area contributed by atoms with E-state index >= 15 is 0 Å². The Labute approximate surface area is 133 Å². The van der Waals surface area contributed by atoms with Crippen molar-refractivity contribution in [3.8, 4) is 10.8 Å². The first-order valence-electron chi connectivity index (χ1n) is 6.93. The minimum absolute atomic E-state index is 0.0690. The summed E-state index contributed by atoms with van der Waals surface area (Å²) in [5.74, 6) is 0.446. The zero-order valence-corrected chi connectivity index (χ0v) is 14.0. The van der Waals surface area contributed by atoms with Crippen LogP contribution in [0.25, 0.3) is 10.8 Å². The average molecular weight is 339 g/mol. The summed E-state index contributed by atoms with van der Waals surface area (Å²) in [5, 5.41) is 1.93. The van der Waals surface area contributed by atoms with Crippen LogP contribution in [-0.2, 0) is 20.3 Å². The van der Waals surface area contributed by atoms with E-state index in [4.69, 9.17) is 4.74 Å². The van der Waals surface area contributed by atoms with Crippen LogP contribution in [0, 0.1) is 0 Å². The lowest BCUT2D eigenvalue weighted by Gasteiger charge is -2.15. The van der Waals surface area contributed by atoms with Gasteiger partial charge in [-0.1, -0.05) is 0 Å². The van der Waals surface area contributed by atoms with E-state index in [1.165, 1.54) is 11.3 Å². The van der Waals surface area contributed by atoms with E-state index in [1.807, 2.05) is 13.8 Å². The molecule has 6 nitrogen and oxygen atoms in total. The molecule has 118 valence electrons. The zero-order valence-electron chi connectivity index (χ0n) is 12.4. The molecule has 0 N–H and O–H groups in total. The van der Waals surface area contributed by atoms with Crippen LogP contribution in [0.2, 0.25) is 0 Å². The fraction of sp³-hybridized carbons (Fsp3) is 0.500. The molecule has 0 saturated carbocycles. The lowest BCUT2D eigenvalue weighted by Crippen LogP contribution is -2.25. The third-order valence-electron chi connectivity index (χ3n) is 3.54. The third kappa shape index (κ3) is 3.34. The number of hydrogen-bond donors (Lipinski definition) is 0. The predicted molar refractivity (Wildman–Crippen MR) is 84.2 cm³/mol. The molecule has 1 aliphatic rings. The maximum absolute atomic E-state index is 12.5. The molecule has 1 saturated heterocycles. The van der Waals surface area contributed by atoms with Crippen molar-refractivity contribution in [1.82, 2.24) is 15.0 Å². The van der Waals surface area contributed by atoms with Crippen molar-refractivity contribution in [2.75, 3.05) is 6.61 Å². The van der Waals surface area contributed by atoms with Crippen LogP contribution in [0.4, 0.5) is 0 Å². The maximum Gasteiger partial charge on any atom is 0.188 e. The first kappa shape index (κ1) is 15.5. The molecule has 2 aromatic heterocycles.